The molecule has 1 amide bonds. The van der Waals surface area contributed by atoms with Gasteiger partial charge in [-0.3, -0.25) is 9.59 Å². The Morgan fingerprint density at radius 1 is 1.21 bits per heavy atom. The Morgan fingerprint density at radius 3 is 2.63 bits per heavy atom. The number of primary amides is 1. The molecular weight excluding hydrogens is 501 g/mol. The van der Waals surface area contributed by atoms with Crippen molar-refractivity contribution >= 4 is 17.9 Å². The first-order chi connectivity index (χ1) is 18.0. The topological polar surface area (TPSA) is 123 Å². The molecule has 0 aliphatic carbocycles. The molecule has 3 heterocycles. The maximum Gasteiger partial charge on any atom is 0.441 e. The van der Waals surface area contributed by atoms with E-state index in [0.29, 0.717) is 29.2 Å². The van der Waals surface area contributed by atoms with Crippen LogP contribution < -0.4 is 21.6 Å². The lowest BCUT2D eigenvalue weighted by molar-refractivity contribution is -0.876. The Hall–Kier alpha value is -3.90. The molecule has 0 saturated carbocycles. The van der Waals surface area contributed by atoms with Crippen LogP contribution in [0.3, 0.4) is 0 Å². The number of aromatic nitrogens is 2. The van der Waals surface area contributed by atoms with E-state index in [0.717, 1.165) is 5.56 Å². The van der Waals surface area contributed by atoms with Gasteiger partial charge in [-0.1, -0.05) is 35.4 Å². The minimum atomic E-state index is -4.62. The lowest BCUT2D eigenvalue weighted by Gasteiger charge is -2.45. The fraction of sp³-hybridized carbons (Fsp3) is 0.346. The number of ketones is 1. The number of hydrogen-bond donors (Lipinski definition) is 2. The zero-order chi connectivity index (χ0) is 27.1. The molecule has 3 atom stereocenters. The SMILES string of the molecule is Cc1c(C(N)=O)ccc2c1=C[N+](CC(F)(F)F)(CC1(C(=O)c3cnno3)CCNCC1c1ccccc1)N=2. The van der Waals surface area contributed by atoms with Crippen LogP contribution in [-0.2, 0) is 0 Å². The van der Waals surface area contributed by atoms with Gasteiger partial charge in [-0.2, -0.15) is 17.8 Å². The van der Waals surface area contributed by atoms with Gasteiger partial charge in [-0.15, -0.1) is 5.10 Å². The van der Waals surface area contributed by atoms with Gasteiger partial charge in [-0.05, 0) is 43.1 Å². The summed E-state index contributed by atoms with van der Waals surface area (Å²) in [6.45, 7) is 0.748. The zero-order valence-corrected chi connectivity index (χ0v) is 20.5. The molecule has 1 saturated heterocycles. The van der Waals surface area contributed by atoms with E-state index in [4.69, 9.17) is 10.3 Å². The predicted octanol–water partition coefficient (Wildman–Crippen LogP) is 1.79. The van der Waals surface area contributed by atoms with Gasteiger partial charge in [0.15, 0.2) is 0 Å². The van der Waals surface area contributed by atoms with Gasteiger partial charge in [0.2, 0.25) is 24.0 Å². The minimum absolute atomic E-state index is 0.123. The molecule has 38 heavy (non-hydrogen) atoms. The Morgan fingerprint density at radius 2 is 1.97 bits per heavy atom. The smallest absolute Gasteiger partial charge is 0.366 e. The van der Waals surface area contributed by atoms with E-state index in [-0.39, 0.29) is 24.3 Å². The van der Waals surface area contributed by atoms with Crippen LogP contribution in [-0.4, -0.2) is 59.0 Å². The largest absolute Gasteiger partial charge is 0.441 e. The van der Waals surface area contributed by atoms with Crippen molar-refractivity contribution in [1.29, 1.82) is 0 Å². The third-order valence-corrected chi connectivity index (χ3v) is 7.45. The van der Waals surface area contributed by atoms with Gasteiger partial charge in [-0.25, -0.2) is 0 Å². The highest BCUT2D eigenvalue weighted by Crippen LogP contribution is 2.46. The molecule has 9 nitrogen and oxygen atoms in total. The first-order valence-corrected chi connectivity index (χ1v) is 12.1. The predicted molar refractivity (Wildman–Crippen MR) is 129 cm³/mol. The lowest BCUT2D eigenvalue weighted by Crippen LogP contribution is -2.58. The molecule has 5 rings (SSSR count). The van der Waals surface area contributed by atoms with Crippen molar-refractivity contribution in [3.8, 4) is 0 Å². The third-order valence-electron chi connectivity index (χ3n) is 7.45. The summed E-state index contributed by atoms with van der Waals surface area (Å²) in [5.41, 5.74) is 5.57. The highest BCUT2D eigenvalue weighted by atomic mass is 19.4. The highest BCUT2D eigenvalue weighted by Gasteiger charge is 2.57. The molecule has 2 aliphatic rings. The van der Waals surface area contributed by atoms with Crippen LogP contribution in [0.25, 0.3) is 6.20 Å². The van der Waals surface area contributed by atoms with E-state index in [1.54, 1.807) is 6.92 Å². The van der Waals surface area contributed by atoms with Crippen molar-refractivity contribution in [1.82, 2.24) is 15.7 Å². The quantitative estimate of drug-likeness (QED) is 0.357. The first kappa shape index (κ1) is 25.7. The van der Waals surface area contributed by atoms with Gasteiger partial charge in [0.05, 0.1) is 10.6 Å². The molecule has 1 fully saturated rings. The van der Waals surface area contributed by atoms with E-state index >= 15 is 0 Å². The van der Waals surface area contributed by atoms with Crippen LogP contribution in [0.4, 0.5) is 13.2 Å². The number of piperidine rings is 1. The summed E-state index contributed by atoms with van der Waals surface area (Å²) >= 11 is 0. The van der Waals surface area contributed by atoms with Crippen molar-refractivity contribution in [3.05, 3.63) is 81.7 Å². The van der Waals surface area contributed by atoms with Gasteiger partial charge < -0.3 is 15.6 Å². The van der Waals surface area contributed by atoms with Crippen LogP contribution in [0.1, 0.15) is 44.4 Å². The number of fused-ring (bicyclic) bond motifs is 1. The summed E-state index contributed by atoms with van der Waals surface area (Å²) in [7, 11) is 0. The number of nitrogens with one attached hydrogen (secondary N) is 1. The molecule has 3 unspecified atom stereocenters. The Balaban J connectivity index is 1.72. The van der Waals surface area contributed by atoms with Crippen LogP contribution in [0.2, 0.25) is 0 Å². The lowest BCUT2D eigenvalue weighted by atomic mass is 9.64. The number of rotatable bonds is 7. The van der Waals surface area contributed by atoms with Crippen LogP contribution in [0.5, 0.6) is 0 Å². The molecule has 2 aliphatic heterocycles. The molecule has 198 valence electrons. The van der Waals surface area contributed by atoms with Crippen molar-refractivity contribution in [2.24, 2.45) is 16.3 Å². The molecule has 0 radical (unpaired) electrons. The monoisotopic (exact) mass is 527 g/mol. The average Bonchev–Trinajstić information content (AvgIpc) is 3.52. The molecule has 2 aromatic carbocycles. The maximum atomic E-state index is 14.2. The highest BCUT2D eigenvalue weighted by molar-refractivity contribution is 5.99. The van der Waals surface area contributed by atoms with Crippen molar-refractivity contribution in [3.63, 3.8) is 0 Å². The zero-order valence-electron chi connectivity index (χ0n) is 20.5. The number of nitrogens with zero attached hydrogens (tertiary/aromatic N) is 4. The minimum Gasteiger partial charge on any atom is -0.366 e. The number of carbonyl (C=O) groups is 2. The number of hydrogen-bond acceptors (Lipinski definition) is 7. The molecule has 0 spiro atoms. The summed E-state index contributed by atoms with van der Waals surface area (Å²) in [6.07, 6.45) is -1.81. The number of Topliss-reactive ketones (excluding diaryl/α,β-unsaturated/α-hetero) is 1. The normalized spacial score (nSPS) is 24.8. The fourth-order valence-electron chi connectivity index (χ4n) is 5.83. The number of benzene rings is 2. The fourth-order valence-corrected chi connectivity index (χ4v) is 5.83. The Kier molecular flexibility index (Phi) is 6.40. The van der Waals surface area contributed by atoms with Crippen LogP contribution in [0, 0.1) is 12.3 Å². The second kappa shape index (κ2) is 9.44. The number of amides is 1. The van der Waals surface area contributed by atoms with Gasteiger partial charge >= 0.3 is 6.18 Å². The maximum absolute atomic E-state index is 14.2. The summed E-state index contributed by atoms with van der Waals surface area (Å²) in [4.78, 5) is 26.1. The van der Waals surface area contributed by atoms with E-state index in [1.165, 1.54) is 24.5 Å². The van der Waals surface area contributed by atoms with Gasteiger partial charge in [0.1, 0.15) is 24.3 Å². The molecule has 3 N–H and O–H groups in total. The Labute approximate surface area is 215 Å². The van der Waals surface area contributed by atoms with E-state index in [9.17, 15) is 22.8 Å². The van der Waals surface area contributed by atoms with Crippen LogP contribution in [0.15, 0.2) is 58.3 Å². The summed E-state index contributed by atoms with van der Waals surface area (Å²) in [6, 6.07) is 12.1. The second-order valence-corrected chi connectivity index (χ2v) is 9.87. The molecular formula is C26H26F3N6O3+. The summed E-state index contributed by atoms with van der Waals surface area (Å²) in [5.74, 6) is -1.78. The molecule has 1 aromatic heterocycles. The van der Waals surface area contributed by atoms with E-state index < -0.39 is 40.3 Å². The number of halogens is 3. The molecule has 12 heteroatoms. The van der Waals surface area contributed by atoms with E-state index in [1.807, 2.05) is 30.3 Å². The van der Waals surface area contributed by atoms with Crippen molar-refractivity contribution in [2.45, 2.75) is 25.4 Å². The van der Waals surface area contributed by atoms with E-state index in [2.05, 4.69) is 20.8 Å². The second-order valence-electron chi connectivity index (χ2n) is 9.87. The summed E-state index contributed by atoms with van der Waals surface area (Å²) in [5, 5.41) is 15.6. The number of quaternary nitrogens is 1. The third kappa shape index (κ3) is 4.61. The van der Waals surface area contributed by atoms with Crippen molar-refractivity contribution < 1.29 is 31.9 Å². The molecule has 3 aromatic rings. The number of carbonyl (C=O) groups excluding carboxylic acids is 2. The van der Waals surface area contributed by atoms with Gasteiger partial charge in [0.25, 0.3) is 0 Å². The number of alkyl halides is 3. The Bertz CT molecular complexity index is 1490. The van der Waals surface area contributed by atoms with Gasteiger partial charge in [0, 0.05) is 23.3 Å². The summed E-state index contributed by atoms with van der Waals surface area (Å²) < 4.78 is 46.7. The first-order valence-electron chi connectivity index (χ1n) is 12.1. The number of nitrogens with two attached hydrogens (primary N) is 1. The van der Waals surface area contributed by atoms with Crippen molar-refractivity contribution in [2.75, 3.05) is 26.2 Å². The molecule has 0 bridgehead atoms. The van der Waals surface area contributed by atoms with Crippen LogP contribution >= 0.6 is 0 Å². The average molecular weight is 528 g/mol. The standard InChI is InChI=1S/C26H25F3N6O3/c1-16-18(24(30)37)7-8-21-19(16)13-35(33-21,15-26(27,28)29)14-25(23(36)22-12-32-34-38-22)9-10-31-11-20(25)17-5-3-2-4-6-17/h2-8,12-13,20,31H,9-11,14-15H2,1H3,(H-,30,37)/p+1.